The van der Waals surface area contributed by atoms with Crippen molar-refractivity contribution in [1.29, 1.82) is 0 Å². The summed E-state index contributed by atoms with van der Waals surface area (Å²) in [5.41, 5.74) is 0.758. The molecule has 7 heteroatoms. The molecule has 0 saturated carbocycles. The average molecular weight is 334 g/mol. The molecule has 0 bridgehead atoms. The van der Waals surface area contributed by atoms with E-state index in [1.807, 2.05) is 20.8 Å². The normalized spacial score (nSPS) is 22.0. The van der Waals surface area contributed by atoms with E-state index >= 15 is 0 Å². The predicted octanol–water partition coefficient (Wildman–Crippen LogP) is 1.12. The van der Waals surface area contributed by atoms with Gasteiger partial charge < -0.3 is 15.0 Å². The number of hydrogen-bond donors (Lipinski definition) is 1. The minimum atomic E-state index is -0.545. The molecular formula is C17H26N4O3. The summed E-state index contributed by atoms with van der Waals surface area (Å²) < 4.78 is 6.68. The summed E-state index contributed by atoms with van der Waals surface area (Å²) in [6.45, 7) is 9.56. The summed E-state index contributed by atoms with van der Waals surface area (Å²) in [5.74, 6) is 0.0305. The van der Waals surface area contributed by atoms with Crippen molar-refractivity contribution in [2.75, 3.05) is 39.4 Å². The standard InChI is InChI=1S/C17H26N4O3/c1-17(2,3)16(23)21-11-13(12-4-5-18-10-12)14(19-21)15(22)20-6-8-24-9-7-20/h11-12,18H,4-10H2,1-3H3. The van der Waals surface area contributed by atoms with Crippen LogP contribution in [0.2, 0.25) is 0 Å². The van der Waals surface area contributed by atoms with Gasteiger partial charge in [0.25, 0.3) is 11.8 Å². The lowest BCUT2D eigenvalue weighted by Crippen LogP contribution is -2.41. The summed E-state index contributed by atoms with van der Waals surface area (Å²) >= 11 is 0. The molecule has 2 fully saturated rings. The zero-order valence-electron chi connectivity index (χ0n) is 14.7. The smallest absolute Gasteiger partial charge is 0.274 e. The van der Waals surface area contributed by atoms with E-state index in [0.29, 0.717) is 32.0 Å². The molecule has 7 nitrogen and oxygen atoms in total. The molecule has 2 aliphatic rings. The first-order valence-corrected chi connectivity index (χ1v) is 8.60. The van der Waals surface area contributed by atoms with E-state index in [4.69, 9.17) is 4.74 Å². The van der Waals surface area contributed by atoms with Crippen molar-refractivity contribution in [3.05, 3.63) is 17.5 Å². The quantitative estimate of drug-likeness (QED) is 0.877. The Labute approximate surface area is 142 Å². The number of carbonyl (C=O) groups excluding carboxylic acids is 2. The van der Waals surface area contributed by atoms with Gasteiger partial charge in [0.2, 0.25) is 0 Å². The van der Waals surface area contributed by atoms with Gasteiger partial charge in [-0.1, -0.05) is 20.8 Å². The Kier molecular flexibility index (Phi) is 4.73. The van der Waals surface area contributed by atoms with Crippen molar-refractivity contribution >= 4 is 11.8 Å². The highest BCUT2D eigenvalue weighted by atomic mass is 16.5. The molecule has 1 aromatic heterocycles. The number of hydrogen-bond acceptors (Lipinski definition) is 5. The van der Waals surface area contributed by atoms with Gasteiger partial charge in [-0.05, 0) is 13.0 Å². The molecule has 24 heavy (non-hydrogen) atoms. The van der Waals surface area contributed by atoms with E-state index in [1.54, 1.807) is 11.1 Å². The molecule has 1 amide bonds. The molecule has 1 atom stereocenters. The molecule has 2 saturated heterocycles. The fourth-order valence-corrected chi connectivity index (χ4v) is 3.14. The van der Waals surface area contributed by atoms with Crippen LogP contribution in [0.15, 0.2) is 6.20 Å². The summed E-state index contributed by atoms with van der Waals surface area (Å²) in [6.07, 6.45) is 2.72. The Balaban J connectivity index is 1.94. The van der Waals surface area contributed by atoms with Crippen LogP contribution in [0.4, 0.5) is 0 Å². The van der Waals surface area contributed by atoms with Gasteiger partial charge in [-0.3, -0.25) is 9.59 Å². The first-order valence-electron chi connectivity index (χ1n) is 8.60. The number of amides is 1. The van der Waals surface area contributed by atoms with Gasteiger partial charge in [-0.15, -0.1) is 0 Å². The van der Waals surface area contributed by atoms with Gasteiger partial charge in [0, 0.05) is 42.7 Å². The lowest BCUT2D eigenvalue weighted by molar-refractivity contribution is 0.0297. The van der Waals surface area contributed by atoms with E-state index < -0.39 is 5.41 Å². The van der Waals surface area contributed by atoms with Crippen LogP contribution >= 0.6 is 0 Å². The highest BCUT2D eigenvalue weighted by Gasteiger charge is 2.32. The second-order valence-electron chi connectivity index (χ2n) is 7.53. The van der Waals surface area contributed by atoms with Crippen molar-refractivity contribution in [2.45, 2.75) is 33.1 Å². The van der Waals surface area contributed by atoms with Crippen molar-refractivity contribution < 1.29 is 14.3 Å². The van der Waals surface area contributed by atoms with Gasteiger partial charge in [0.05, 0.1) is 13.2 Å². The zero-order valence-corrected chi connectivity index (χ0v) is 14.7. The van der Waals surface area contributed by atoms with Crippen molar-refractivity contribution in [3.63, 3.8) is 0 Å². The van der Waals surface area contributed by atoms with Crippen LogP contribution in [0, 0.1) is 5.41 Å². The maximum absolute atomic E-state index is 12.9. The third-order valence-electron chi connectivity index (χ3n) is 4.59. The fraction of sp³-hybridized carbons (Fsp3) is 0.706. The number of nitrogens with one attached hydrogen (secondary N) is 1. The Morgan fingerprint density at radius 1 is 1.29 bits per heavy atom. The van der Waals surface area contributed by atoms with Crippen LogP contribution in [0.5, 0.6) is 0 Å². The number of rotatable bonds is 2. The minimum Gasteiger partial charge on any atom is -0.378 e. The largest absolute Gasteiger partial charge is 0.378 e. The number of nitrogens with zero attached hydrogens (tertiary/aromatic N) is 3. The summed E-state index contributed by atoms with van der Waals surface area (Å²) in [6, 6.07) is 0. The van der Waals surface area contributed by atoms with Gasteiger partial charge in [0.15, 0.2) is 5.69 Å². The highest BCUT2D eigenvalue weighted by Crippen LogP contribution is 2.27. The van der Waals surface area contributed by atoms with E-state index in [0.717, 1.165) is 25.1 Å². The Morgan fingerprint density at radius 3 is 2.58 bits per heavy atom. The number of aromatic nitrogens is 2. The first kappa shape index (κ1) is 17.1. The number of carbonyl (C=O) groups is 2. The van der Waals surface area contributed by atoms with E-state index in [9.17, 15) is 9.59 Å². The lowest BCUT2D eigenvalue weighted by Gasteiger charge is -2.26. The van der Waals surface area contributed by atoms with Crippen LogP contribution in [0.3, 0.4) is 0 Å². The molecule has 0 spiro atoms. The van der Waals surface area contributed by atoms with Crippen molar-refractivity contribution in [1.82, 2.24) is 20.0 Å². The lowest BCUT2D eigenvalue weighted by atomic mass is 9.95. The Morgan fingerprint density at radius 2 is 2.00 bits per heavy atom. The van der Waals surface area contributed by atoms with Crippen molar-refractivity contribution in [3.8, 4) is 0 Å². The fourth-order valence-electron chi connectivity index (χ4n) is 3.14. The van der Waals surface area contributed by atoms with Crippen LogP contribution in [0.25, 0.3) is 0 Å². The Bertz CT molecular complexity index is 620. The summed E-state index contributed by atoms with van der Waals surface area (Å²) in [7, 11) is 0. The molecule has 0 radical (unpaired) electrons. The molecule has 0 aliphatic carbocycles. The van der Waals surface area contributed by atoms with E-state index in [1.165, 1.54) is 4.68 Å². The Hall–Kier alpha value is -1.73. The molecule has 2 aliphatic heterocycles. The maximum atomic E-state index is 12.9. The molecule has 3 rings (SSSR count). The minimum absolute atomic E-state index is 0.0966. The van der Waals surface area contributed by atoms with Gasteiger partial charge in [-0.2, -0.15) is 5.10 Å². The van der Waals surface area contributed by atoms with E-state index in [2.05, 4.69) is 10.4 Å². The predicted molar refractivity (Wildman–Crippen MR) is 89.3 cm³/mol. The molecule has 132 valence electrons. The van der Waals surface area contributed by atoms with E-state index in [-0.39, 0.29) is 17.7 Å². The second-order valence-corrected chi connectivity index (χ2v) is 7.53. The maximum Gasteiger partial charge on any atom is 0.274 e. The van der Waals surface area contributed by atoms with Crippen molar-refractivity contribution in [2.24, 2.45) is 5.41 Å². The molecule has 1 aromatic rings. The molecule has 0 aromatic carbocycles. The highest BCUT2D eigenvalue weighted by molar-refractivity contribution is 5.95. The molecule has 1 unspecified atom stereocenters. The number of ether oxygens (including phenoxy) is 1. The third kappa shape index (κ3) is 3.37. The molecular weight excluding hydrogens is 308 g/mol. The molecule has 1 N–H and O–H groups in total. The van der Waals surface area contributed by atoms with Gasteiger partial charge in [0.1, 0.15) is 0 Å². The zero-order chi connectivity index (χ0) is 17.3. The van der Waals surface area contributed by atoms with Crippen LogP contribution in [-0.4, -0.2) is 65.9 Å². The third-order valence-corrected chi connectivity index (χ3v) is 4.59. The van der Waals surface area contributed by atoms with Gasteiger partial charge in [-0.25, -0.2) is 4.68 Å². The number of morpholine rings is 1. The SMILES string of the molecule is CC(C)(C)C(=O)n1cc(C2CCNC2)c(C(=O)N2CCOCC2)n1. The summed E-state index contributed by atoms with van der Waals surface area (Å²) in [5, 5.41) is 7.72. The van der Waals surface area contributed by atoms with Crippen LogP contribution < -0.4 is 5.32 Å². The monoisotopic (exact) mass is 334 g/mol. The molecule has 3 heterocycles. The van der Waals surface area contributed by atoms with Gasteiger partial charge >= 0.3 is 0 Å². The first-order chi connectivity index (χ1) is 11.4. The van der Waals surface area contributed by atoms with Crippen LogP contribution in [0.1, 0.15) is 54.0 Å². The summed E-state index contributed by atoms with van der Waals surface area (Å²) in [4.78, 5) is 27.3. The van der Waals surface area contributed by atoms with Crippen LogP contribution in [-0.2, 0) is 4.74 Å². The average Bonchev–Trinajstić information content (AvgIpc) is 3.22. The topological polar surface area (TPSA) is 76.5 Å². The second kappa shape index (κ2) is 6.64.